The summed E-state index contributed by atoms with van der Waals surface area (Å²) >= 11 is 0. The molecule has 2 heterocycles. The van der Waals surface area contributed by atoms with Crippen LogP contribution in [-0.4, -0.2) is 55.7 Å². The monoisotopic (exact) mass is 386 g/mol. The predicted octanol–water partition coefficient (Wildman–Crippen LogP) is 1.65. The molecule has 2 aliphatic heterocycles. The van der Waals surface area contributed by atoms with Gasteiger partial charge in [-0.1, -0.05) is 6.07 Å². The van der Waals surface area contributed by atoms with Crippen molar-refractivity contribution in [3.8, 4) is 6.07 Å². The van der Waals surface area contributed by atoms with E-state index in [4.69, 9.17) is 10.00 Å². The zero-order chi connectivity index (χ0) is 20.3. The Bertz CT molecular complexity index is 853. The van der Waals surface area contributed by atoms with Gasteiger partial charge in [0.2, 0.25) is 5.91 Å². The third kappa shape index (κ3) is 4.15. The maximum absolute atomic E-state index is 14.8. The fraction of sp³-hybridized carbons (Fsp3) is 0.450. The summed E-state index contributed by atoms with van der Waals surface area (Å²) in [7, 11) is 0. The SMILES string of the molecule is CC(=O)N[C@@H]1OC(=O)C(c2ccc(N3CCN(CCC#N)CC3)c(F)c2)=C1C. The van der Waals surface area contributed by atoms with E-state index < -0.39 is 18.0 Å². The average molecular weight is 386 g/mol. The van der Waals surface area contributed by atoms with Crippen molar-refractivity contribution >= 4 is 23.1 Å². The van der Waals surface area contributed by atoms with Gasteiger partial charge >= 0.3 is 5.97 Å². The lowest BCUT2D eigenvalue weighted by Crippen LogP contribution is -2.46. The molecular formula is C20H23FN4O3. The quantitative estimate of drug-likeness (QED) is 0.775. The van der Waals surface area contributed by atoms with Crippen LogP contribution in [0.15, 0.2) is 23.8 Å². The van der Waals surface area contributed by atoms with Crippen LogP contribution in [0.1, 0.15) is 25.8 Å². The lowest BCUT2D eigenvalue weighted by atomic mass is 10.0. The van der Waals surface area contributed by atoms with Gasteiger partial charge in [-0.05, 0) is 24.6 Å². The summed E-state index contributed by atoms with van der Waals surface area (Å²) in [5, 5.41) is 11.2. The number of benzene rings is 1. The summed E-state index contributed by atoms with van der Waals surface area (Å²) in [5.74, 6) is -1.29. The highest BCUT2D eigenvalue weighted by Crippen LogP contribution is 2.32. The number of amides is 1. The number of carbonyl (C=O) groups excluding carboxylic acids is 2. The number of piperazine rings is 1. The van der Waals surface area contributed by atoms with Crippen LogP contribution in [0.5, 0.6) is 0 Å². The fourth-order valence-electron chi connectivity index (χ4n) is 3.55. The van der Waals surface area contributed by atoms with Gasteiger partial charge in [0.25, 0.3) is 0 Å². The minimum Gasteiger partial charge on any atom is -0.434 e. The highest BCUT2D eigenvalue weighted by molar-refractivity contribution is 6.19. The second kappa shape index (κ2) is 8.40. The molecule has 1 atom stereocenters. The first-order chi connectivity index (χ1) is 13.4. The Kier molecular flexibility index (Phi) is 5.95. The second-order valence-electron chi connectivity index (χ2n) is 6.95. The number of cyclic esters (lactones) is 1. The molecule has 1 aromatic carbocycles. The first-order valence-electron chi connectivity index (χ1n) is 9.23. The van der Waals surface area contributed by atoms with Crippen molar-refractivity contribution in [1.29, 1.82) is 5.26 Å². The van der Waals surface area contributed by atoms with Gasteiger partial charge in [0.15, 0.2) is 6.23 Å². The predicted molar refractivity (Wildman–Crippen MR) is 102 cm³/mol. The van der Waals surface area contributed by atoms with Crippen molar-refractivity contribution in [3.05, 3.63) is 35.2 Å². The van der Waals surface area contributed by atoms with Gasteiger partial charge < -0.3 is 15.0 Å². The van der Waals surface area contributed by atoms with Crippen LogP contribution in [0.3, 0.4) is 0 Å². The van der Waals surface area contributed by atoms with Crippen LogP contribution in [0, 0.1) is 17.1 Å². The molecule has 1 fully saturated rings. The van der Waals surface area contributed by atoms with Gasteiger partial charge in [-0.15, -0.1) is 0 Å². The molecule has 0 bridgehead atoms. The van der Waals surface area contributed by atoms with Crippen LogP contribution in [-0.2, 0) is 14.3 Å². The number of carbonyl (C=O) groups is 2. The lowest BCUT2D eigenvalue weighted by Gasteiger charge is -2.36. The number of ether oxygens (including phenoxy) is 1. The third-order valence-corrected chi connectivity index (χ3v) is 5.04. The summed E-state index contributed by atoms with van der Waals surface area (Å²) in [6.07, 6.45) is -0.322. The number of anilines is 1. The summed E-state index contributed by atoms with van der Waals surface area (Å²) in [6, 6.07) is 6.86. The molecule has 0 spiro atoms. The van der Waals surface area contributed by atoms with Gasteiger partial charge in [-0.3, -0.25) is 9.69 Å². The number of esters is 1. The van der Waals surface area contributed by atoms with Crippen molar-refractivity contribution < 1.29 is 18.7 Å². The Morgan fingerprint density at radius 2 is 2.07 bits per heavy atom. The molecule has 0 radical (unpaired) electrons. The zero-order valence-corrected chi connectivity index (χ0v) is 16.0. The van der Waals surface area contributed by atoms with E-state index in [9.17, 15) is 14.0 Å². The first kappa shape index (κ1) is 19.8. The van der Waals surface area contributed by atoms with Gasteiger partial charge in [0.05, 0.1) is 17.3 Å². The summed E-state index contributed by atoms with van der Waals surface area (Å²) in [5.41, 5.74) is 1.76. The van der Waals surface area contributed by atoms with Crippen molar-refractivity contribution in [3.63, 3.8) is 0 Å². The molecule has 3 rings (SSSR count). The van der Waals surface area contributed by atoms with E-state index in [1.165, 1.54) is 13.0 Å². The third-order valence-electron chi connectivity index (χ3n) is 5.04. The van der Waals surface area contributed by atoms with E-state index in [-0.39, 0.29) is 11.5 Å². The largest absolute Gasteiger partial charge is 0.434 e. The van der Waals surface area contributed by atoms with Crippen molar-refractivity contribution in [2.75, 3.05) is 37.6 Å². The van der Waals surface area contributed by atoms with Crippen LogP contribution in [0.25, 0.3) is 5.57 Å². The van der Waals surface area contributed by atoms with E-state index in [2.05, 4.69) is 16.3 Å². The van der Waals surface area contributed by atoms with E-state index in [1.807, 2.05) is 4.90 Å². The van der Waals surface area contributed by atoms with E-state index in [0.717, 1.165) is 19.6 Å². The van der Waals surface area contributed by atoms with Crippen LogP contribution in [0.4, 0.5) is 10.1 Å². The average Bonchev–Trinajstić information content (AvgIpc) is 2.93. The van der Waals surface area contributed by atoms with Gasteiger partial charge in [0.1, 0.15) is 5.82 Å². The molecule has 148 valence electrons. The molecule has 1 saturated heterocycles. The van der Waals surface area contributed by atoms with E-state index >= 15 is 0 Å². The van der Waals surface area contributed by atoms with Crippen LogP contribution < -0.4 is 10.2 Å². The normalized spacial score (nSPS) is 20.1. The molecule has 8 heteroatoms. The fourth-order valence-corrected chi connectivity index (χ4v) is 3.55. The maximum atomic E-state index is 14.8. The Labute approximate surface area is 163 Å². The Morgan fingerprint density at radius 3 is 2.68 bits per heavy atom. The van der Waals surface area contributed by atoms with E-state index in [0.29, 0.717) is 36.3 Å². The molecular weight excluding hydrogens is 363 g/mol. The summed E-state index contributed by atoms with van der Waals surface area (Å²) < 4.78 is 20.0. The number of hydrogen-bond acceptors (Lipinski definition) is 6. The highest BCUT2D eigenvalue weighted by Gasteiger charge is 2.33. The molecule has 0 aromatic heterocycles. The standard InChI is InChI=1S/C20H23FN4O3/c1-13-18(20(27)28-19(13)23-14(2)26)15-4-5-17(16(21)12-15)25-10-8-24(9-11-25)7-3-6-22/h4-5,12,19H,3,7-11H2,1-2H3,(H,23,26)/t19-/m1/s1. The number of nitrogens with one attached hydrogen (secondary N) is 1. The number of nitrogens with zero attached hydrogens (tertiary/aromatic N) is 3. The Morgan fingerprint density at radius 1 is 1.36 bits per heavy atom. The molecule has 1 aromatic rings. The Balaban J connectivity index is 1.75. The molecule has 0 unspecified atom stereocenters. The van der Waals surface area contributed by atoms with Crippen molar-refractivity contribution in [1.82, 2.24) is 10.2 Å². The lowest BCUT2D eigenvalue weighted by molar-refractivity contribution is -0.140. The van der Waals surface area contributed by atoms with Crippen molar-refractivity contribution in [2.24, 2.45) is 0 Å². The zero-order valence-electron chi connectivity index (χ0n) is 16.0. The number of rotatable bonds is 5. The minimum atomic E-state index is -0.816. The molecule has 28 heavy (non-hydrogen) atoms. The topological polar surface area (TPSA) is 85.7 Å². The van der Waals surface area contributed by atoms with Gasteiger partial charge in [-0.2, -0.15) is 5.26 Å². The smallest absolute Gasteiger partial charge is 0.341 e. The molecule has 7 nitrogen and oxygen atoms in total. The number of nitriles is 1. The van der Waals surface area contributed by atoms with Crippen LogP contribution in [0.2, 0.25) is 0 Å². The molecule has 1 N–H and O–H groups in total. The number of hydrogen-bond donors (Lipinski definition) is 1. The Hall–Kier alpha value is -2.92. The minimum absolute atomic E-state index is 0.283. The van der Waals surface area contributed by atoms with Crippen LogP contribution >= 0.6 is 0 Å². The van der Waals surface area contributed by atoms with Gasteiger partial charge in [0, 0.05) is 51.6 Å². The summed E-state index contributed by atoms with van der Waals surface area (Å²) in [6.45, 7) is 6.67. The molecule has 0 aliphatic carbocycles. The number of halogens is 1. The second-order valence-corrected chi connectivity index (χ2v) is 6.95. The molecule has 2 aliphatic rings. The van der Waals surface area contributed by atoms with Crippen molar-refractivity contribution in [2.45, 2.75) is 26.5 Å². The van der Waals surface area contributed by atoms with E-state index in [1.54, 1.807) is 19.1 Å². The first-order valence-corrected chi connectivity index (χ1v) is 9.23. The molecule has 1 amide bonds. The summed E-state index contributed by atoms with van der Waals surface area (Å²) in [4.78, 5) is 27.6. The molecule has 0 saturated carbocycles. The highest BCUT2D eigenvalue weighted by atomic mass is 19.1. The van der Waals surface area contributed by atoms with Gasteiger partial charge in [-0.25, -0.2) is 9.18 Å². The maximum Gasteiger partial charge on any atom is 0.341 e.